The maximum atomic E-state index is 12.9. The van der Waals surface area contributed by atoms with E-state index in [1.165, 1.54) is 25.7 Å². The van der Waals surface area contributed by atoms with Gasteiger partial charge < -0.3 is 5.73 Å². The molecule has 1 atom stereocenters. The van der Waals surface area contributed by atoms with Gasteiger partial charge in [-0.25, -0.2) is 4.39 Å². The minimum atomic E-state index is -1.49. The molecule has 0 aliphatic carbocycles. The highest BCUT2D eigenvalue weighted by atomic mass is 19.1. The Morgan fingerprint density at radius 3 is 1.68 bits per heavy atom. The number of rotatable bonds is 16. The predicted octanol–water partition coefficient (Wildman–Crippen LogP) is 6.35. The van der Waals surface area contributed by atoms with Crippen LogP contribution in [0.4, 0.5) is 4.39 Å². The van der Waals surface area contributed by atoms with E-state index in [1.54, 1.807) is 0 Å². The summed E-state index contributed by atoms with van der Waals surface area (Å²) in [7, 11) is 0. The first kappa shape index (κ1) is 23.4. The van der Waals surface area contributed by atoms with Crippen molar-refractivity contribution >= 4 is 5.91 Å². The third-order valence-corrected chi connectivity index (χ3v) is 3.84. The van der Waals surface area contributed by atoms with Gasteiger partial charge in [0.1, 0.15) is 0 Å². The van der Waals surface area contributed by atoms with Gasteiger partial charge in [0.15, 0.2) is 6.17 Å². The number of hydrogen-bond acceptors (Lipinski definition) is 1. The Labute approximate surface area is 153 Å². The third kappa shape index (κ3) is 18.5. The molecule has 0 heterocycles. The maximum absolute atomic E-state index is 12.9. The summed E-state index contributed by atoms with van der Waals surface area (Å²) in [6.07, 6.45) is 26.8. The molecule has 0 aromatic rings. The first-order valence-corrected chi connectivity index (χ1v) is 9.71. The summed E-state index contributed by atoms with van der Waals surface area (Å²) < 4.78 is 12.9. The summed E-state index contributed by atoms with van der Waals surface area (Å²) in [6, 6.07) is 0. The Bertz CT molecular complexity index is 424. The van der Waals surface area contributed by atoms with Crippen LogP contribution in [0, 0.1) is 0 Å². The summed E-state index contributed by atoms with van der Waals surface area (Å²) in [5, 5.41) is 0. The first-order chi connectivity index (χ1) is 12.2. The number of hydrogen-bond donors (Lipinski definition) is 1. The van der Waals surface area contributed by atoms with Crippen LogP contribution >= 0.6 is 0 Å². The lowest BCUT2D eigenvalue weighted by atomic mass is 10.1. The van der Waals surface area contributed by atoms with E-state index in [9.17, 15) is 9.18 Å². The number of carbonyl (C=O) groups excluding carboxylic acids is 1. The van der Waals surface area contributed by atoms with Crippen LogP contribution in [0.2, 0.25) is 0 Å². The summed E-state index contributed by atoms with van der Waals surface area (Å²) >= 11 is 0. The van der Waals surface area contributed by atoms with E-state index < -0.39 is 12.1 Å². The average Bonchev–Trinajstić information content (AvgIpc) is 2.60. The number of allylic oxidation sites excluding steroid dienone is 8. The van der Waals surface area contributed by atoms with E-state index in [0.717, 1.165) is 32.1 Å². The normalized spacial score (nSPS) is 13.7. The lowest BCUT2D eigenvalue weighted by molar-refractivity contribution is -0.122. The highest BCUT2D eigenvalue weighted by molar-refractivity contribution is 5.78. The fourth-order valence-corrected chi connectivity index (χ4v) is 2.29. The molecule has 142 valence electrons. The molecule has 2 N–H and O–H groups in total. The average molecular weight is 350 g/mol. The van der Waals surface area contributed by atoms with Crippen molar-refractivity contribution in [3.8, 4) is 0 Å². The molecule has 3 heteroatoms. The van der Waals surface area contributed by atoms with Crippen LogP contribution in [0.5, 0.6) is 0 Å². The Balaban J connectivity index is 3.44. The second-order valence-corrected chi connectivity index (χ2v) is 6.24. The maximum Gasteiger partial charge on any atom is 0.251 e. The van der Waals surface area contributed by atoms with Crippen molar-refractivity contribution in [2.45, 2.75) is 83.7 Å². The van der Waals surface area contributed by atoms with Crippen molar-refractivity contribution in [2.24, 2.45) is 5.73 Å². The second-order valence-electron chi connectivity index (χ2n) is 6.24. The number of carbonyl (C=O) groups is 1. The zero-order valence-corrected chi connectivity index (χ0v) is 15.8. The van der Waals surface area contributed by atoms with Crippen LogP contribution in [0.1, 0.15) is 77.6 Å². The molecule has 0 saturated heterocycles. The summed E-state index contributed by atoms with van der Waals surface area (Å²) in [5.74, 6) is -0.849. The van der Waals surface area contributed by atoms with Gasteiger partial charge in [0, 0.05) is 0 Å². The molecular formula is C22H36FNO. The molecule has 0 spiro atoms. The topological polar surface area (TPSA) is 43.1 Å². The molecule has 0 bridgehead atoms. The zero-order valence-electron chi connectivity index (χ0n) is 15.8. The monoisotopic (exact) mass is 349 g/mol. The van der Waals surface area contributed by atoms with Crippen LogP contribution in [-0.4, -0.2) is 12.1 Å². The number of amides is 1. The molecule has 0 saturated carbocycles. The molecule has 0 aromatic carbocycles. The number of halogens is 1. The van der Waals surface area contributed by atoms with Crippen LogP contribution in [0.3, 0.4) is 0 Å². The first-order valence-electron chi connectivity index (χ1n) is 9.71. The van der Waals surface area contributed by atoms with E-state index >= 15 is 0 Å². The minimum Gasteiger partial charge on any atom is -0.367 e. The van der Waals surface area contributed by atoms with Crippen molar-refractivity contribution in [3.63, 3.8) is 0 Å². The minimum absolute atomic E-state index is 0.239. The van der Waals surface area contributed by atoms with Crippen molar-refractivity contribution in [1.29, 1.82) is 0 Å². The van der Waals surface area contributed by atoms with Gasteiger partial charge in [-0.15, -0.1) is 0 Å². The van der Waals surface area contributed by atoms with Crippen LogP contribution in [0.15, 0.2) is 48.6 Å². The fraction of sp³-hybridized carbons (Fsp3) is 0.591. The zero-order chi connectivity index (χ0) is 18.6. The van der Waals surface area contributed by atoms with E-state index in [4.69, 9.17) is 5.73 Å². The van der Waals surface area contributed by atoms with E-state index in [2.05, 4.69) is 55.5 Å². The van der Waals surface area contributed by atoms with Crippen LogP contribution < -0.4 is 5.73 Å². The molecule has 1 amide bonds. The Kier molecular flexibility index (Phi) is 17.5. The Morgan fingerprint density at radius 2 is 1.24 bits per heavy atom. The smallest absolute Gasteiger partial charge is 0.251 e. The molecule has 2 nitrogen and oxygen atoms in total. The highest BCUT2D eigenvalue weighted by Gasteiger charge is 2.11. The van der Waals surface area contributed by atoms with Gasteiger partial charge in [-0.2, -0.15) is 0 Å². The van der Waals surface area contributed by atoms with Gasteiger partial charge >= 0.3 is 0 Å². The van der Waals surface area contributed by atoms with Crippen molar-refractivity contribution in [1.82, 2.24) is 0 Å². The Morgan fingerprint density at radius 1 is 0.800 bits per heavy atom. The number of nitrogens with two attached hydrogens (primary N) is 1. The summed E-state index contributed by atoms with van der Waals surface area (Å²) in [4.78, 5) is 10.5. The predicted molar refractivity (Wildman–Crippen MR) is 107 cm³/mol. The van der Waals surface area contributed by atoms with E-state index in [1.807, 2.05) is 0 Å². The molecular weight excluding hydrogens is 313 g/mol. The number of primary amides is 1. The molecule has 0 radical (unpaired) electrons. The molecule has 0 fully saturated rings. The number of unbranched alkanes of at least 4 members (excludes halogenated alkanes) is 5. The van der Waals surface area contributed by atoms with Gasteiger partial charge in [-0.1, -0.05) is 68.4 Å². The van der Waals surface area contributed by atoms with Gasteiger partial charge in [0.25, 0.3) is 5.91 Å². The summed E-state index contributed by atoms with van der Waals surface area (Å²) in [5.41, 5.74) is 4.87. The second kappa shape index (κ2) is 18.7. The molecule has 0 rings (SSSR count). The summed E-state index contributed by atoms with van der Waals surface area (Å²) in [6.45, 7) is 2.23. The van der Waals surface area contributed by atoms with Crippen LogP contribution in [-0.2, 0) is 4.79 Å². The largest absolute Gasteiger partial charge is 0.367 e. The quantitative estimate of drug-likeness (QED) is 0.256. The van der Waals surface area contributed by atoms with Crippen molar-refractivity contribution in [3.05, 3.63) is 48.6 Å². The van der Waals surface area contributed by atoms with E-state index in [0.29, 0.717) is 6.42 Å². The highest BCUT2D eigenvalue weighted by Crippen LogP contribution is 2.07. The lowest BCUT2D eigenvalue weighted by Crippen LogP contribution is -2.24. The third-order valence-electron chi connectivity index (χ3n) is 3.84. The van der Waals surface area contributed by atoms with Gasteiger partial charge in [-0.3, -0.25) is 4.79 Å². The molecule has 0 aliphatic heterocycles. The lowest BCUT2D eigenvalue weighted by Gasteiger charge is -2.01. The van der Waals surface area contributed by atoms with Crippen molar-refractivity contribution < 1.29 is 9.18 Å². The van der Waals surface area contributed by atoms with E-state index in [-0.39, 0.29) is 6.42 Å². The molecule has 0 aromatic heterocycles. The molecule has 1 unspecified atom stereocenters. The standard InChI is InChI=1S/C22H36FNO/c1-2-3-4-5-6-7-8-9-10-11-12-13-14-15-16-17-18-19-20-21(23)22(24)25/h6-7,9-10,12-13,15-16,21H,2-5,8,11,14,17-20H2,1H3,(H2,24,25)/b7-6-,10-9-,13-12-,16-15-. The molecule has 0 aliphatic rings. The Hall–Kier alpha value is -1.64. The SMILES string of the molecule is CCCCC/C=C\C/C=C\C/C=C\C/C=C\CCCCC(F)C(N)=O. The van der Waals surface area contributed by atoms with Gasteiger partial charge in [0.05, 0.1) is 0 Å². The molecule has 25 heavy (non-hydrogen) atoms. The fourth-order valence-electron chi connectivity index (χ4n) is 2.29. The number of alkyl halides is 1. The van der Waals surface area contributed by atoms with Crippen molar-refractivity contribution in [2.75, 3.05) is 0 Å². The van der Waals surface area contributed by atoms with Gasteiger partial charge in [0.2, 0.25) is 0 Å². The van der Waals surface area contributed by atoms with Gasteiger partial charge in [-0.05, 0) is 57.8 Å². The van der Waals surface area contributed by atoms with Crippen LogP contribution in [0.25, 0.3) is 0 Å².